The second kappa shape index (κ2) is 6.55. The van der Waals surface area contributed by atoms with Gasteiger partial charge in [0.05, 0.1) is 16.4 Å². The second-order valence-electron chi connectivity index (χ2n) is 5.05. The van der Waals surface area contributed by atoms with E-state index in [1.165, 1.54) is 38.9 Å². The monoisotopic (exact) mass is 270 g/mol. The van der Waals surface area contributed by atoms with Gasteiger partial charge in [-0.1, -0.05) is 11.6 Å². The van der Waals surface area contributed by atoms with Crippen molar-refractivity contribution in [3.63, 3.8) is 0 Å². The second-order valence-corrected chi connectivity index (χ2v) is 5.43. The van der Waals surface area contributed by atoms with Crippen LogP contribution >= 0.6 is 11.6 Å². The zero-order chi connectivity index (χ0) is 13.0. The Morgan fingerprint density at radius 1 is 1.33 bits per heavy atom. The molecule has 1 fully saturated rings. The van der Waals surface area contributed by atoms with Crippen molar-refractivity contribution < 1.29 is 0 Å². The molecular formula is C13H23ClN4. The van der Waals surface area contributed by atoms with Crippen molar-refractivity contribution in [2.45, 2.75) is 32.7 Å². The summed E-state index contributed by atoms with van der Waals surface area (Å²) in [5.74, 6) is 0. The molecule has 4 nitrogen and oxygen atoms in total. The number of hydrogen-bond donors (Lipinski definition) is 1. The van der Waals surface area contributed by atoms with Crippen LogP contribution in [0.4, 0.5) is 0 Å². The molecule has 0 spiro atoms. The van der Waals surface area contributed by atoms with E-state index in [1.807, 2.05) is 18.7 Å². The van der Waals surface area contributed by atoms with Gasteiger partial charge >= 0.3 is 0 Å². The minimum Gasteiger partial charge on any atom is -0.311 e. The van der Waals surface area contributed by atoms with Gasteiger partial charge in [0.25, 0.3) is 0 Å². The SMILES string of the molecule is Cc1nn(C)c(CNCCCN2CCCC2)c1Cl. The van der Waals surface area contributed by atoms with Gasteiger partial charge < -0.3 is 10.2 Å². The first-order chi connectivity index (χ1) is 8.68. The quantitative estimate of drug-likeness (QED) is 0.803. The number of aryl methyl sites for hydroxylation is 2. The summed E-state index contributed by atoms with van der Waals surface area (Å²) in [6.45, 7) is 7.57. The minimum absolute atomic E-state index is 0.796. The summed E-state index contributed by atoms with van der Waals surface area (Å²) in [7, 11) is 1.94. The molecule has 0 radical (unpaired) electrons. The van der Waals surface area contributed by atoms with Crippen LogP contribution in [0, 0.1) is 6.92 Å². The standard InChI is InChI=1S/C13H23ClN4/c1-11-13(14)12(17(2)16-11)10-15-6-5-9-18-7-3-4-8-18/h15H,3-10H2,1-2H3. The Bertz CT molecular complexity index is 383. The number of rotatable bonds is 6. The van der Waals surface area contributed by atoms with E-state index in [1.54, 1.807) is 0 Å². The molecule has 1 N–H and O–H groups in total. The summed E-state index contributed by atoms with van der Waals surface area (Å²) in [6, 6.07) is 0. The minimum atomic E-state index is 0.796. The Morgan fingerprint density at radius 3 is 2.67 bits per heavy atom. The molecule has 0 unspecified atom stereocenters. The van der Waals surface area contributed by atoms with Crippen LogP contribution in [0.2, 0.25) is 5.02 Å². The molecule has 0 aliphatic carbocycles. The predicted molar refractivity (Wildman–Crippen MR) is 75.0 cm³/mol. The van der Waals surface area contributed by atoms with Gasteiger partial charge in [-0.2, -0.15) is 5.10 Å². The van der Waals surface area contributed by atoms with Gasteiger partial charge in [-0.25, -0.2) is 0 Å². The predicted octanol–water partition coefficient (Wildman–Crippen LogP) is 1.96. The molecule has 0 aromatic carbocycles. The fourth-order valence-electron chi connectivity index (χ4n) is 2.51. The summed E-state index contributed by atoms with van der Waals surface area (Å²) in [4.78, 5) is 2.54. The first-order valence-corrected chi connectivity index (χ1v) is 7.17. The third-order valence-electron chi connectivity index (χ3n) is 3.58. The van der Waals surface area contributed by atoms with E-state index in [2.05, 4.69) is 15.3 Å². The first-order valence-electron chi connectivity index (χ1n) is 6.79. The highest BCUT2D eigenvalue weighted by Crippen LogP contribution is 2.18. The zero-order valence-electron chi connectivity index (χ0n) is 11.4. The van der Waals surface area contributed by atoms with Crippen LogP contribution in [0.3, 0.4) is 0 Å². The Kier molecular flexibility index (Phi) is 5.03. The van der Waals surface area contributed by atoms with E-state index in [-0.39, 0.29) is 0 Å². The third-order valence-corrected chi connectivity index (χ3v) is 4.07. The Morgan fingerprint density at radius 2 is 2.06 bits per heavy atom. The van der Waals surface area contributed by atoms with Gasteiger partial charge in [0, 0.05) is 13.6 Å². The lowest BCUT2D eigenvalue weighted by atomic mass is 10.3. The first kappa shape index (κ1) is 13.8. The van der Waals surface area contributed by atoms with E-state index < -0.39 is 0 Å². The number of nitrogens with zero attached hydrogens (tertiary/aromatic N) is 3. The maximum Gasteiger partial charge on any atom is 0.0860 e. The topological polar surface area (TPSA) is 33.1 Å². The van der Waals surface area contributed by atoms with Gasteiger partial charge in [-0.15, -0.1) is 0 Å². The third kappa shape index (κ3) is 3.46. The van der Waals surface area contributed by atoms with Crippen LogP contribution in [0.5, 0.6) is 0 Å². The molecule has 0 bridgehead atoms. The summed E-state index contributed by atoms with van der Waals surface area (Å²) >= 11 is 6.20. The summed E-state index contributed by atoms with van der Waals surface area (Å²) in [5, 5.41) is 8.55. The molecule has 18 heavy (non-hydrogen) atoms. The van der Waals surface area contributed by atoms with E-state index >= 15 is 0 Å². The van der Waals surface area contributed by atoms with Crippen molar-refractivity contribution in [3.05, 3.63) is 16.4 Å². The molecule has 0 atom stereocenters. The fourth-order valence-corrected chi connectivity index (χ4v) is 2.74. The number of nitrogens with one attached hydrogen (secondary N) is 1. The van der Waals surface area contributed by atoms with Crippen molar-refractivity contribution in [2.24, 2.45) is 7.05 Å². The normalized spacial score (nSPS) is 16.6. The molecule has 2 rings (SSSR count). The highest BCUT2D eigenvalue weighted by molar-refractivity contribution is 6.31. The van der Waals surface area contributed by atoms with E-state index in [9.17, 15) is 0 Å². The number of likely N-dealkylation sites (tertiary alicyclic amines) is 1. The van der Waals surface area contributed by atoms with Crippen molar-refractivity contribution in [1.29, 1.82) is 0 Å². The van der Waals surface area contributed by atoms with Crippen molar-refractivity contribution in [2.75, 3.05) is 26.2 Å². The zero-order valence-corrected chi connectivity index (χ0v) is 12.1. The molecule has 1 aromatic rings. The van der Waals surface area contributed by atoms with Crippen LogP contribution < -0.4 is 5.32 Å². The molecular weight excluding hydrogens is 248 g/mol. The maximum absolute atomic E-state index is 6.20. The van der Waals surface area contributed by atoms with Crippen LogP contribution in [0.15, 0.2) is 0 Å². The van der Waals surface area contributed by atoms with E-state index in [0.717, 1.165) is 29.5 Å². The van der Waals surface area contributed by atoms with Gasteiger partial charge in [-0.3, -0.25) is 4.68 Å². The summed E-state index contributed by atoms with van der Waals surface area (Å²) < 4.78 is 1.87. The molecule has 2 heterocycles. The summed E-state index contributed by atoms with van der Waals surface area (Å²) in [6.07, 6.45) is 3.95. The Labute approximate surface area is 114 Å². The molecule has 1 aliphatic rings. The van der Waals surface area contributed by atoms with Crippen molar-refractivity contribution >= 4 is 11.6 Å². The summed E-state index contributed by atoms with van der Waals surface area (Å²) in [5.41, 5.74) is 1.99. The van der Waals surface area contributed by atoms with E-state index in [4.69, 9.17) is 11.6 Å². The Hall–Kier alpha value is -0.580. The average molecular weight is 271 g/mol. The molecule has 5 heteroatoms. The number of halogens is 1. The molecule has 1 saturated heterocycles. The lowest BCUT2D eigenvalue weighted by molar-refractivity contribution is 0.330. The largest absolute Gasteiger partial charge is 0.311 e. The molecule has 1 aromatic heterocycles. The molecule has 0 amide bonds. The lowest BCUT2D eigenvalue weighted by Gasteiger charge is -2.14. The van der Waals surface area contributed by atoms with Gasteiger partial charge in [0.2, 0.25) is 0 Å². The Balaban J connectivity index is 1.65. The van der Waals surface area contributed by atoms with Crippen LogP contribution in [0.25, 0.3) is 0 Å². The highest BCUT2D eigenvalue weighted by Gasteiger charge is 2.11. The number of hydrogen-bond acceptors (Lipinski definition) is 3. The van der Waals surface area contributed by atoms with Crippen LogP contribution in [0.1, 0.15) is 30.7 Å². The van der Waals surface area contributed by atoms with Crippen LogP contribution in [-0.2, 0) is 13.6 Å². The number of aromatic nitrogens is 2. The highest BCUT2D eigenvalue weighted by atomic mass is 35.5. The van der Waals surface area contributed by atoms with Gasteiger partial charge in [-0.05, 0) is 52.4 Å². The molecule has 0 saturated carbocycles. The molecule has 1 aliphatic heterocycles. The van der Waals surface area contributed by atoms with Crippen molar-refractivity contribution in [1.82, 2.24) is 20.0 Å². The fraction of sp³-hybridized carbons (Fsp3) is 0.769. The molecule has 102 valence electrons. The van der Waals surface area contributed by atoms with E-state index in [0.29, 0.717) is 0 Å². The smallest absolute Gasteiger partial charge is 0.0860 e. The lowest BCUT2D eigenvalue weighted by Crippen LogP contribution is -2.25. The van der Waals surface area contributed by atoms with Crippen LogP contribution in [-0.4, -0.2) is 40.9 Å². The maximum atomic E-state index is 6.20. The van der Waals surface area contributed by atoms with Crippen molar-refractivity contribution in [3.8, 4) is 0 Å². The average Bonchev–Trinajstić information content (AvgIpc) is 2.92. The van der Waals surface area contributed by atoms with Gasteiger partial charge in [0.1, 0.15) is 0 Å². The van der Waals surface area contributed by atoms with Gasteiger partial charge in [0.15, 0.2) is 0 Å².